The van der Waals surface area contributed by atoms with Crippen LogP contribution in [0.2, 0.25) is 0 Å². The molecule has 1 saturated heterocycles. The van der Waals surface area contributed by atoms with E-state index >= 15 is 0 Å². The van der Waals surface area contributed by atoms with Crippen molar-refractivity contribution in [1.82, 2.24) is 14.5 Å². The van der Waals surface area contributed by atoms with Gasteiger partial charge >= 0.3 is 0 Å². The van der Waals surface area contributed by atoms with E-state index in [1.54, 1.807) is 30.3 Å². The van der Waals surface area contributed by atoms with E-state index in [2.05, 4.69) is 4.98 Å². The van der Waals surface area contributed by atoms with Crippen molar-refractivity contribution in [3.8, 4) is 0 Å². The number of aliphatic hydroxyl groups is 2. The molecular weight excluding hydrogens is 270 g/mol. The second-order valence-corrected chi connectivity index (χ2v) is 5.93. The first-order valence-corrected chi connectivity index (χ1v) is 6.99. The molecule has 6 heteroatoms. The summed E-state index contributed by atoms with van der Waals surface area (Å²) in [5, 5.41) is 19.9. The van der Waals surface area contributed by atoms with Gasteiger partial charge in [-0.05, 0) is 31.5 Å². The van der Waals surface area contributed by atoms with E-state index in [1.807, 2.05) is 17.7 Å². The fourth-order valence-corrected chi connectivity index (χ4v) is 2.66. The van der Waals surface area contributed by atoms with Crippen molar-refractivity contribution in [1.29, 1.82) is 0 Å². The van der Waals surface area contributed by atoms with Gasteiger partial charge in [0.1, 0.15) is 0 Å². The Morgan fingerprint density at radius 2 is 2.24 bits per heavy atom. The lowest BCUT2D eigenvalue weighted by molar-refractivity contribution is -0.0999. The molecule has 1 amide bonds. The molecule has 0 bridgehead atoms. The summed E-state index contributed by atoms with van der Waals surface area (Å²) in [6.45, 7) is 2.18. The van der Waals surface area contributed by atoms with E-state index in [-0.39, 0.29) is 12.5 Å². The van der Waals surface area contributed by atoms with Gasteiger partial charge in [-0.1, -0.05) is 0 Å². The van der Waals surface area contributed by atoms with Crippen molar-refractivity contribution in [2.75, 3.05) is 13.1 Å². The van der Waals surface area contributed by atoms with Crippen LogP contribution in [0.1, 0.15) is 23.7 Å². The van der Waals surface area contributed by atoms with E-state index in [9.17, 15) is 15.0 Å². The van der Waals surface area contributed by atoms with Crippen LogP contribution in [0.5, 0.6) is 0 Å². The molecule has 1 aliphatic rings. The number of fused-ring (bicyclic) bond motifs is 1. The first kappa shape index (κ1) is 14.0. The molecule has 1 fully saturated rings. The molecule has 1 aromatic heterocycles. The summed E-state index contributed by atoms with van der Waals surface area (Å²) in [4.78, 5) is 18.3. The summed E-state index contributed by atoms with van der Waals surface area (Å²) < 4.78 is 1.89. The Morgan fingerprint density at radius 1 is 1.48 bits per heavy atom. The van der Waals surface area contributed by atoms with Crippen molar-refractivity contribution in [3.05, 3.63) is 30.1 Å². The zero-order valence-corrected chi connectivity index (χ0v) is 12.2. The predicted molar refractivity (Wildman–Crippen MR) is 77.9 cm³/mol. The topological polar surface area (TPSA) is 78.6 Å². The number of hydrogen-bond acceptors (Lipinski definition) is 4. The number of likely N-dealkylation sites (tertiary alicyclic amines) is 1. The lowest BCUT2D eigenvalue weighted by atomic mass is 9.90. The Labute approximate surface area is 122 Å². The van der Waals surface area contributed by atoms with Gasteiger partial charge in [-0.2, -0.15) is 0 Å². The van der Waals surface area contributed by atoms with Crippen LogP contribution in [-0.2, 0) is 7.05 Å². The van der Waals surface area contributed by atoms with Gasteiger partial charge in [-0.15, -0.1) is 0 Å². The number of aryl methyl sites for hydroxylation is 1. The molecule has 2 unspecified atom stereocenters. The van der Waals surface area contributed by atoms with Crippen LogP contribution in [0.25, 0.3) is 11.0 Å². The number of carbonyl (C=O) groups is 1. The van der Waals surface area contributed by atoms with Crippen LogP contribution in [0.4, 0.5) is 0 Å². The molecule has 112 valence electrons. The van der Waals surface area contributed by atoms with Gasteiger partial charge in [0.25, 0.3) is 5.91 Å². The molecule has 0 aliphatic carbocycles. The minimum Gasteiger partial charge on any atom is -0.388 e. The van der Waals surface area contributed by atoms with Crippen LogP contribution >= 0.6 is 0 Å². The normalized spacial score (nSPS) is 26.3. The van der Waals surface area contributed by atoms with E-state index in [0.29, 0.717) is 18.5 Å². The second-order valence-electron chi connectivity index (χ2n) is 5.93. The number of piperidine rings is 1. The Balaban J connectivity index is 1.84. The van der Waals surface area contributed by atoms with Crippen molar-refractivity contribution in [3.63, 3.8) is 0 Å². The molecule has 3 rings (SSSR count). The van der Waals surface area contributed by atoms with E-state index in [1.165, 1.54) is 0 Å². The zero-order valence-electron chi connectivity index (χ0n) is 12.2. The van der Waals surface area contributed by atoms with Gasteiger partial charge in [-0.3, -0.25) is 4.79 Å². The molecule has 21 heavy (non-hydrogen) atoms. The van der Waals surface area contributed by atoms with Gasteiger partial charge in [0.2, 0.25) is 0 Å². The highest BCUT2D eigenvalue weighted by atomic mass is 16.3. The standard InChI is InChI=1S/C15H19N3O3/c1-15(21)5-6-18(8-13(15)19)14(20)10-3-4-12-11(7-10)16-9-17(12)2/h3-4,7,9,13,19,21H,5-6,8H2,1-2H3. The Morgan fingerprint density at radius 3 is 2.95 bits per heavy atom. The number of β-amino-alcohol motifs (C(OH)–C–C–N with tert-alkyl or cyclic N) is 1. The predicted octanol–water partition coefficient (Wildman–Crippen LogP) is 0.531. The quantitative estimate of drug-likeness (QED) is 0.803. The van der Waals surface area contributed by atoms with E-state index < -0.39 is 11.7 Å². The maximum Gasteiger partial charge on any atom is 0.254 e. The van der Waals surface area contributed by atoms with Crippen LogP contribution in [-0.4, -0.2) is 55.4 Å². The fraction of sp³-hybridized carbons (Fsp3) is 0.467. The monoisotopic (exact) mass is 289 g/mol. The Hall–Kier alpha value is -1.92. The lowest BCUT2D eigenvalue weighted by Gasteiger charge is -2.39. The van der Waals surface area contributed by atoms with Gasteiger partial charge in [0.05, 0.1) is 29.1 Å². The van der Waals surface area contributed by atoms with E-state index in [4.69, 9.17) is 0 Å². The Kier molecular flexibility index (Phi) is 3.22. The Bertz CT molecular complexity index is 693. The highest BCUT2D eigenvalue weighted by molar-refractivity contribution is 5.97. The number of nitrogens with zero attached hydrogens (tertiary/aromatic N) is 3. The number of imidazole rings is 1. The molecule has 2 aromatic rings. The largest absolute Gasteiger partial charge is 0.388 e. The van der Waals surface area contributed by atoms with Crippen LogP contribution in [0.3, 0.4) is 0 Å². The van der Waals surface area contributed by atoms with Crippen LogP contribution in [0.15, 0.2) is 24.5 Å². The number of rotatable bonds is 1. The fourth-order valence-electron chi connectivity index (χ4n) is 2.66. The van der Waals surface area contributed by atoms with E-state index in [0.717, 1.165) is 11.0 Å². The van der Waals surface area contributed by atoms with Crippen LogP contribution < -0.4 is 0 Å². The first-order valence-electron chi connectivity index (χ1n) is 6.99. The SMILES string of the molecule is Cn1cnc2cc(C(=O)N3CCC(C)(O)C(O)C3)ccc21. The first-order chi connectivity index (χ1) is 9.88. The molecule has 0 saturated carbocycles. The van der Waals surface area contributed by atoms with Crippen molar-refractivity contribution >= 4 is 16.9 Å². The third-order valence-electron chi connectivity index (χ3n) is 4.26. The summed E-state index contributed by atoms with van der Waals surface area (Å²) >= 11 is 0. The summed E-state index contributed by atoms with van der Waals surface area (Å²) in [6.07, 6.45) is 1.15. The lowest BCUT2D eigenvalue weighted by Crippen LogP contribution is -2.55. The maximum absolute atomic E-state index is 12.5. The number of hydrogen-bond donors (Lipinski definition) is 2. The molecule has 1 aromatic carbocycles. The minimum atomic E-state index is -1.12. The molecule has 2 atom stereocenters. The summed E-state index contributed by atoms with van der Waals surface area (Å²) in [6, 6.07) is 5.40. The summed E-state index contributed by atoms with van der Waals surface area (Å²) in [7, 11) is 1.90. The van der Waals surface area contributed by atoms with Crippen molar-refractivity contribution < 1.29 is 15.0 Å². The molecule has 2 N–H and O–H groups in total. The molecule has 0 spiro atoms. The number of carbonyl (C=O) groups excluding carboxylic acids is 1. The number of amides is 1. The van der Waals surface area contributed by atoms with Gasteiger partial charge in [-0.25, -0.2) is 4.98 Å². The summed E-state index contributed by atoms with van der Waals surface area (Å²) in [5.41, 5.74) is 1.16. The molecule has 2 heterocycles. The summed E-state index contributed by atoms with van der Waals surface area (Å²) in [5.74, 6) is -0.142. The second kappa shape index (κ2) is 4.82. The average molecular weight is 289 g/mol. The zero-order chi connectivity index (χ0) is 15.2. The van der Waals surface area contributed by atoms with Gasteiger partial charge < -0.3 is 19.7 Å². The molecule has 0 radical (unpaired) electrons. The van der Waals surface area contributed by atoms with Crippen molar-refractivity contribution in [2.24, 2.45) is 7.05 Å². The number of aliphatic hydroxyl groups excluding tert-OH is 1. The van der Waals surface area contributed by atoms with Gasteiger partial charge in [0, 0.05) is 25.7 Å². The minimum absolute atomic E-state index is 0.142. The smallest absolute Gasteiger partial charge is 0.254 e. The average Bonchev–Trinajstić information content (AvgIpc) is 2.82. The molecule has 6 nitrogen and oxygen atoms in total. The maximum atomic E-state index is 12.5. The van der Waals surface area contributed by atoms with Gasteiger partial charge in [0.15, 0.2) is 0 Å². The van der Waals surface area contributed by atoms with Crippen LogP contribution in [0, 0.1) is 0 Å². The highest BCUT2D eigenvalue weighted by Crippen LogP contribution is 2.24. The third-order valence-corrected chi connectivity index (χ3v) is 4.26. The third kappa shape index (κ3) is 2.41. The molecular formula is C15H19N3O3. The number of aromatic nitrogens is 2. The highest BCUT2D eigenvalue weighted by Gasteiger charge is 2.38. The molecule has 1 aliphatic heterocycles. The number of benzene rings is 1. The van der Waals surface area contributed by atoms with Crippen molar-refractivity contribution in [2.45, 2.75) is 25.0 Å².